The van der Waals surface area contributed by atoms with Gasteiger partial charge in [-0.2, -0.15) is 0 Å². The van der Waals surface area contributed by atoms with Crippen LogP contribution in [0.2, 0.25) is 0 Å². The van der Waals surface area contributed by atoms with Gasteiger partial charge in [0.05, 0.1) is 23.3 Å². The molecule has 128 valence electrons. The van der Waals surface area contributed by atoms with Gasteiger partial charge >= 0.3 is 5.97 Å². The topological polar surface area (TPSA) is 83.9 Å². The summed E-state index contributed by atoms with van der Waals surface area (Å²) in [4.78, 5) is 12.1. The summed E-state index contributed by atoms with van der Waals surface area (Å²) in [7, 11) is -1.31. The summed E-state index contributed by atoms with van der Waals surface area (Å²) in [6.07, 6.45) is 0. The quantitative estimate of drug-likeness (QED) is 0.778. The summed E-state index contributed by atoms with van der Waals surface area (Å²) in [6.45, 7) is 1.70. The molecule has 2 aromatic rings. The molecule has 24 heavy (non-hydrogen) atoms. The molecule has 0 atom stereocenters. The Balaban J connectivity index is 2.62. The van der Waals surface area contributed by atoms with Gasteiger partial charge in [-0.25, -0.2) is 13.2 Å². The van der Waals surface area contributed by atoms with E-state index in [-0.39, 0.29) is 21.9 Å². The van der Waals surface area contributed by atoms with Gasteiger partial charge in [-0.15, -0.1) is 0 Å². The summed E-state index contributed by atoms with van der Waals surface area (Å²) in [5, 5.41) is 9.33. The Bertz CT molecular complexity index is 878. The number of phenolic OH excluding ortho intramolecular Hbond substituents is 1. The number of carbonyl (C=O) groups is 1. The highest BCUT2D eigenvalue weighted by Crippen LogP contribution is 2.32. The molecule has 0 saturated carbocycles. The van der Waals surface area contributed by atoms with Crippen LogP contribution >= 0.6 is 15.9 Å². The summed E-state index contributed by atoms with van der Waals surface area (Å²) in [5.74, 6) is -0.672. The number of benzene rings is 2. The molecule has 0 fully saturated rings. The number of sulfonamides is 1. The van der Waals surface area contributed by atoms with E-state index in [4.69, 9.17) is 4.74 Å². The molecule has 0 bridgehead atoms. The Kier molecular flexibility index (Phi) is 5.19. The third kappa shape index (κ3) is 3.39. The van der Waals surface area contributed by atoms with Crippen molar-refractivity contribution in [2.45, 2.75) is 11.8 Å². The molecule has 1 N–H and O–H groups in total. The van der Waals surface area contributed by atoms with Gasteiger partial charge in [-0.1, -0.05) is 15.9 Å². The molecule has 0 aliphatic heterocycles. The average molecular weight is 414 g/mol. The standard InChI is InChI=1S/C16H16BrNO5S/c1-10-8-11(17)9-14(16(20)23-3)15(10)18(2)24(21,22)13-6-4-12(19)5-7-13/h4-9,19H,1-3H3. The molecule has 2 rings (SSSR count). The lowest BCUT2D eigenvalue weighted by Gasteiger charge is -2.24. The number of anilines is 1. The Morgan fingerprint density at radius 2 is 1.79 bits per heavy atom. The van der Waals surface area contributed by atoms with Gasteiger partial charge in [0.2, 0.25) is 0 Å². The maximum Gasteiger partial charge on any atom is 0.340 e. The van der Waals surface area contributed by atoms with Crippen molar-refractivity contribution in [1.29, 1.82) is 0 Å². The lowest BCUT2D eigenvalue weighted by molar-refractivity contribution is 0.0601. The van der Waals surface area contributed by atoms with E-state index < -0.39 is 16.0 Å². The first-order chi connectivity index (χ1) is 11.2. The first-order valence-electron chi connectivity index (χ1n) is 6.85. The van der Waals surface area contributed by atoms with E-state index in [1.54, 1.807) is 13.0 Å². The molecule has 0 spiro atoms. The molecule has 0 radical (unpaired) electrons. The summed E-state index contributed by atoms with van der Waals surface area (Å²) in [5.41, 5.74) is 0.960. The van der Waals surface area contributed by atoms with Crippen LogP contribution in [0.25, 0.3) is 0 Å². The highest BCUT2D eigenvalue weighted by Gasteiger charge is 2.27. The third-order valence-corrected chi connectivity index (χ3v) is 5.71. The van der Waals surface area contributed by atoms with Crippen molar-refractivity contribution in [3.8, 4) is 5.75 Å². The second-order valence-corrected chi connectivity index (χ2v) is 7.96. The van der Waals surface area contributed by atoms with Crippen LogP contribution in [-0.4, -0.2) is 33.7 Å². The van der Waals surface area contributed by atoms with Crippen LogP contribution in [0.1, 0.15) is 15.9 Å². The van der Waals surface area contributed by atoms with Crippen molar-refractivity contribution in [3.63, 3.8) is 0 Å². The number of aromatic hydroxyl groups is 1. The number of hydrogen-bond acceptors (Lipinski definition) is 5. The Hall–Kier alpha value is -2.06. The number of aryl methyl sites for hydroxylation is 1. The van der Waals surface area contributed by atoms with Crippen molar-refractivity contribution in [3.05, 3.63) is 52.0 Å². The van der Waals surface area contributed by atoms with Gasteiger partial charge in [0.15, 0.2) is 0 Å². The molecule has 8 heteroatoms. The van der Waals surface area contributed by atoms with Crippen LogP contribution in [0.4, 0.5) is 5.69 Å². The number of methoxy groups -OCH3 is 1. The number of rotatable bonds is 4. The van der Waals surface area contributed by atoms with Gasteiger partial charge in [-0.3, -0.25) is 4.31 Å². The van der Waals surface area contributed by atoms with Crippen molar-refractivity contribution in [1.82, 2.24) is 0 Å². The van der Waals surface area contributed by atoms with Gasteiger partial charge in [0, 0.05) is 11.5 Å². The smallest absolute Gasteiger partial charge is 0.340 e. The van der Waals surface area contributed by atoms with Crippen molar-refractivity contribution < 1.29 is 23.1 Å². The van der Waals surface area contributed by atoms with Crippen LogP contribution in [-0.2, 0) is 14.8 Å². The third-order valence-electron chi connectivity index (χ3n) is 3.48. The molecule has 6 nitrogen and oxygen atoms in total. The Morgan fingerprint density at radius 1 is 1.21 bits per heavy atom. The average Bonchev–Trinajstić information content (AvgIpc) is 2.53. The fourth-order valence-corrected chi connectivity index (χ4v) is 4.17. The largest absolute Gasteiger partial charge is 0.508 e. The summed E-state index contributed by atoms with van der Waals surface area (Å²) < 4.78 is 32.1. The maximum absolute atomic E-state index is 12.8. The molecule has 0 heterocycles. The molecule has 0 aliphatic rings. The summed E-state index contributed by atoms with van der Waals surface area (Å²) in [6, 6.07) is 8.40. The van der Waals surface area contributed by atoms with Gasteiger partial charge in [0.25, 0.3) is 10.0 Å². The predicted octanol–water partition coefficient (Wildman–Crippen LogP) is 3.07. The van der Waals surface area contributed by atoms with Gasteiger partial charge in [-0.05, 0) is 48.9 Å². The molecule has 0 aromatic heterocycles. The van der Waals surface area contributed by atoms with E-state index in [1.807, 2.05) is 0 Å². The van der Waals surface area contributed by atoms with Crippen LogP contribution in [0.3, 0.4) is 0 Å². The lowest BCUT2D eigenvalue weighted by Crippen LogP contribution is -2.29. The second kappa shape index (κ2) is 6.82. The van der Waals surface area contributed by atoms with E-state index in [2.05, 4.69) is 15.9 Å². The predicted molar refractivity (Wildman–Crippen MR) is 93.9 cm³/mol. The zero-order valence-corrected chi connectivity index (χ0v) is 15.7. The highest BCUT2D eigenvalue weighted by atomic mass is 79.9. The Labute approximate surface area is 148 Å². The maximum atomic E-state index is 12.8. The number of phenols is 1. The number of carbonyl (C=O) groups excluding carboxylic acids is 1. The number of hydrogen-bond donors (Lipinski definition) is 1. The van der Waals surface area contributed by atoms with Crippen LogP contribution < -0.4 is 4.31 Å². The molecular formula is C16H16BrNO5S. The minimum Gasteiger partial charge on any atom is -0.508 e. The van der Waals surface area contributed by atoms with Crippen molar-refractivity contribution in [2.75, 3.05) is 18.5 Å². The molecule has 0 aliphatic carbocycles. The fraction of sp³-hybridized carbons (Fsp3) is 0.188. The minimum absolute atomic E-state index is 0.000865. The first kappa shape index (κ1) is 18.3. The van der Waals surface area contributed by atoms with E-state index in [0.29, 0.717) is 10.0 Å². The zero-order valence-electron chi connectivity index (χ0n) is 13.3. The van der Waals surface area contributed by atoms with Crippen LogP contribution in [0.5, 0.6) is 5.75 Å². The number of nitrogens with zero attached hydrogens (tertiary/aromatic N) is 1. The van der Waals surface area contributed by atoms with Gasteiger partial charge < -0.3 is 9.84 Å². The normalized spacial score (nSPS) is 11.2. The number of halogens is 1. The monoisotopic (exact) mass is 413 g/mol. The minimum atomic E-state index is -3.91. The summed E-state index contributed by atoms with van der Waals surface area (Å²) >= 11 is 3.29. The lowest BCUT2D eigenvalue weighted by atomic mass is 10.1. The second-order valence-electron chi connectivity index (χ2n) is 5.08. The number of esters is 1. The SMILES string of the molecule is COC(=O)c1cc(Br)cc(C)c1N(C)S(=O)(=O)c1ccc(O)cc1. The molecule has 0 unspecified atom stereocenters. The van der Waals surface area contributed by atoms with Crippen molar-refractivity contribution >= 4 is 37.6 Å². The van der Waals surface area contributed by atoms with E-state index in [9.17, 15) is 18.3 Å². The number of ether oxygens (including phenoxy) is 1. The molecule has 0 saturated heterocycles. The van der Waals surface area contributed by atoms with Gasteiger partial charge in [0.1, 0.15) is 5.75 Å². The highest BCUT2D eigenvalue weighted by molar-refractivity contribution is 9.10. The van der Waals surface area contributed by atoms with E-state index in [0.717, 1.165) is 4.31 Å². The first-order valence-corrected chi connectivity index (χ1v) is 9.08. The van der Waals surface area contributed by atoms with Crippen LogP contribution in [0, 0.1) is 6.92 Å². The van der Waals surface area contributed by atoms with E-state index in [1.165, 1.54) is 44.5 Å². The fourth-order valence-electron chi connectivity index (χ4n) is 2.32. The zero-order chi connectivity index (χ0) is 18.1. The van der Waals surface area contributed by atoms with Crippen LogP contribution in [0.15, 0.2) is 45.8 Å². The molecule has 2 aromatic carbocycles. The molecular weight excluding hydrogens is 398 g/mol. The Morgan fingerprint density at radius 3 is 2.33 bits per heavy atom. The van der Waals surface area contributed by atoms with Crippen molar-refractivity contribution in [2.24, 2.45) is 0 Å². The van der Waals surface area contributed by atoms with E-state index >= 15 is 0 Å². The molecule has 0 amide bonds.